The molecule has 0 saturated heterocycles. The fourth-order valence-electron chi connectivity index (χ4n) is 5.56. The second-order valence-electron chi connectivity index (χ2n) is 10.9. The van der Waals surface area contributed by atoms with Crippen molar-refractivity contribution in [3.05, 3.63) is 43.8 Å². The van der Waals surface area contributed by atoms with E-state index >= 15 is 0 Å². The van der Waals surface area contributed by atoms with E-state index in [1.165, 1.54) is 35.3 Å². The molecule has 4 rings (SSSR count). The lowest BCUT2D eigenvalue weighted by molar-refractivity contribution is -0.149. The summed E-state index contributed by atoms with van der Waals surface area (Å²) < 4.78 is 5.08. The van der Waals surface area contributed by atoms with Gasteiger partial charge in [-0.1, -0.05) is 66.2 Å². The van der Waals surface area contributed by atoms with Crippen LogP contribution < -0.4 is 0 Å². The Morgan fingerprint density at radius 3 is 1.51 bits per heavy atom. The number of carboxylic acids is 1. The van der Waals surface area contributed by atoms with Crippen molar-refractivity contribution < 1.29 is 19.4 Å². The van der Waals surface area contributed by atoms with Crippen LogP contribution >= 0.6 is 22.7 Å². The highest BCUT2D eigenvalue weighted by Crippen LogP contribution is 2.44. The van der Waals surface area contributed by atoms with Crippen LogP contribution in [0.4, 0.5) is 0 Å². The first kappa shape index (κ1) is 27.9. The van der Waals surface area contributed by atoms with E-state index in [2.05, 4.69) is 50.6 Å². The normalized spacial score (nSPS) is 19.2. The Morgan fingerprint density at radius 2 is 1.17 bits per heavy atom. The minimum atomic E-state index is -0.634. The minimum absolute atomic E-state index is 0.0460. The molecular formula is C29H42O4S2. The van der Waals surface area contributed by atoms with E-state index in [0.29, 0.717) is 11.8 Å². The van der Waals surface area contributed by atoms with Crippen molar-refractivity contribution in [3.63, 3.8) is 0 Å². The van der Waals surface area contributed by atoms with Gasteiger partial charge in [0.15, 0.2) is 0 Å². The molecule has 35 heavy (non-hydrogen) atoms. The molecule has 0 aliphatic heterocycles. The van der Waals surface area contributed by atoms with Crippen LogP contribution in [0.15, 0.2) is 22.9 Å². The summed E-state index contributed by atoms with van der Waals surface area (Å²) in [5, 5.41) is 13.8. The summed E-state index contributed by atoms with van der Waals surface area (Å²) in [7, 11) is 1.51. The van der Waals surface area contributed by atoms with Crippen LogP contribution in [0.25, 0.3) is 0 Å². The van der Waals surface area contributed by atoms with Crippen LogP contribution in [0.3, 0.4) is 0 Å². The lowest BCUT2D eigenvalue weighted by atomic mass is 9.70. The van der Waals surface area contributed by atoms with Crippen molar-refractivity contribution in [2.75, 3.05) is 7.11 Å². The monoisotopic (exact) mass is 518 g/mol. The Bertz CT molecular complexity index is 972. The Kier molecular flexibility index (Phi) is 9.61. The number of hydrogen-bond donors (Lipinski definition) is 1. The van der Waals surface area contributed by atoms with Crippen molar-refractivity contribution in [1.29, 1.82) is 0 Å². The molecule has 2 aliphatic carbocycles. The molecule has 4 nitrogen and oxygen atoms in total. The average Bonchev–Trinajstić information content (AvgIpc) is 3.56. The molecule has 6 heteroatoms. The number of thiophene rings is 2. The summed E-state index contributed by atoms with van der Waals surface area (Å²) in [5.41, 5.74) is 1.26. The van der Waals surface area contributed by atoms with Crippen molar-refractivity contribution in [2.45, 2.75) is 115 Å². The zero-order chi connectivity index (χ0) is 25.6. The summed E-state index contributed by atoms with van der Waals surface area (Å²) in [6.45, 7) is 8.70. The molecule has 2 aromatic heterocycles. The van der Waals surface area contributed by atoms with Crippen molar-refractivity contribution in [3.8, 4) is 0 Å². The number of rotatable bonds is 6. The molecule has 0 amide bonds. The smallest absolute Gasteiger partial charge is 0.316 e. The van der Waals surface area contributed by atoms with Crippen LogP contribution in [-0.2, 0) is 25.2 Å². The van der Waals surface area contributed by atoms with Gasteiger partial charge in [0.2, 0.25) is 0 Å². The van der Waals surface area contributed by atoms with Gasteiger partial charge < -0.3 is 9.84 Å². The standard InChI is InChI=1S/C15H22O2S.C14H20O2S/c1-11(2)13-9-12(10-18-13)15(14(16)17-3)7-5-4-6-8-15;1-10(2)12-8-11(9-17-12)14(13(15)16)6-4-3-5-7-14/h9-11H,4-8H2,1-3H3;8-10H,3-7H2,1-2H3,(H,15,16). The van der Waals surface area contributed by atoms with E-state index in [9.17, 15) is 14.7 Å². The van der Waals surface area contributed by atoms with Gasteiger partial charge in [-0.15, -0.1) is 22.7 Å². The van der Waals surface area contributed by atoms with Crippen molar-refractivity contribution in [1.82, 2.24) is 0 Å². The Hall–Kier alpha value is -1.66. The number of hydrogen-bond acceptors (Lipinski definition) is 5. The molecule has 0 spiro atoms. The van der Waals surface area contributed by atoms with E-state index < -0.39 is 11.4 Å². The third-order valence-corrected chi connectivity index (χ3v) is 10.3. The third kappa shape index (κ3) is 6.02. The maximum Gasteiger partial charge on any atom is 0.316 e. The fraction of sp³-hybridized carbons (Fsp3) is 0.655. The first-order valence-corrected chi connectivity index (χ1v) is 14.9. The lowest BCUT2D eigenvalue weighted by Gasteiger charge is -2.34. The highest BCUT2D eigenvalue weighted by Gasteiger charge is 2.43. The summed E-state index contributed by atoms with van der Waals surface area (Å²) >= 11 is 3.47. The van der Waals surface area contributed by atoms with Gasteiger partial charge in [0, 0.05) is 9.75 Å². The number of aliphatic carboxylic acids is 1. The number of carboxylic acid groups (broad SMARTS) is 1. The molecule has 0 aromatic carbocycles. The van der Waals surface area contributed by atoms with Gasteiger partial charge >= 0.3 is 11.9 Å². The molecule has 2 fully saturated rings. The summed E-state index contributed by atoms with van der Waals surface area (Å²) in [6, 6.07) is 4.34. The van der Waals surface area contributed by atoms with Gasteiger partial charge in [-0.3, -0.25) is 9.59 Å². The molecule has 194 valence electrons. The van der Waals surface area contributed by atoms with Crippen LogP contribution in [-0.4, -0.2) is 24.2 Å². The van der Waals surface area contributed by atoms with Gasteiger partial charge in [-0.25, -0.2) is 0 Å². The molecular weight excluding hydrogens is 476 g/mol. The Labute approximate surface area is 219 Å². The molecule has 0 unspecified atom stereocenters. The van der Waals surface area contributed by atoms with Crippen LogP contribution in [0.1, 0.15) is 125 Å². The molecule has 2 saturated carbocycles. The molecule has 0 bridgehead atoms. The van der Waals surface area contributed by atoms with Gasteiger partial charge in [-0.05, 0) is 71.5 Å². The molecule has 2 heterocycles. The van der Waals surface area contributed by atoms with Crippen LogP contribution in [0, 0.1) is 0 Å². The molecule has 2 aromatic rings. The summed E-state index contributed by atoms with van der Waals surface area (Å²) in [4.78, 5) is 26.6. The van der Waals surface area contributed by atoms with E-state index in [0.717, 1.165) is 56.9 Å². The maximum absolute atomic E-state index is 12.3. The van der Waals surface area contributed by atoms with Crippen LogP contribution in [0.5, 0.6) is 0 Å². The first-order valence-electron chi connectivity index (χ1n) is 13.2. The summed E-state index contributed by atoms with van der Waals surface area (Å²) in [5.74, 6) is 0.339. The van der Waals surface area contributed by atoms with E-state index in [1.54, 1.807) is 22.7 Å². The Morgan fingerprint density at radius 1 is 0.771 bits per heavy atom. The SMILES string of the molecule is CC(C)c1cc(C2(C(=O)O)CCCCC2)cs1.COC(=O)C1(c2csc(C(C)C)c2)CCCCC1. The van der Waals surface area contributed by atoms with Crippen molar-refractivity contribution >= 4 is 34.6 Å². The third-order valence-electron chi connectivity index (χ3n) is 7.88. The highest BCUT2D eigenvalue weighted by atomic mass is 32.1. The zero-order valence-electron chi connectivity index (χ0n) is 22.0. The maximum atomic E-state index is 12.3. The molecule has 2 aliphatic rings. The second kappa shape index (κ2) is 12.1. The topological polar surface area (TPSA) is 63.6 Å². The number of ether oxygens (including phenoxy) is 1. The molecule has 0 atom stereocenters. The van der Waals surface area contributed by atoms with Gasteiger partial charge in [-0.2, -0.15) is 0 Å². The highest BCUT2D eigenvalue weighted by molar-refractivity contribution is 7.10. The quantitative estimate of drug-likeness (QED) is 0.390. The van der Waals surface area contributed by atoms with Gasteiger partial charge in [0.1, 0.15) is 0 Å². The van der Waals surface area contributed by atoms with E-state index in [4.69, 9.17) is 4.74 Å². The van der Waals surface area contributed by atoms with Crippen LogP contribution in [0.2, 0.25) is 0 Å². The number of carbonyl (C=O) groups is 2. The predicted molar refractivity (Wildman–Crippen MR) is 146 cm³/mol. The van der Waals surface area contributed by atoms with Crippen molar-refractivity contribution in [2.24, 2.45) is 0 Å². The molecule has 1 N–H and O–H groups in total. The first-order chi connectivity index (χ1) is 16.7. The fourth-order valence-corrected chi connectivity index (χ4v) is 7.60. The number of carbonyl (C=O) groups excluding carboxylic acids is 1. The van der Waals surface area contributed by atoms with E-state index in [-0.39, 0.29) is 11.4 Å². The summed E-state index contributed by atoms with van der Waals surface area (Å²) in [6.07, 6.45) is 10.2. The number of methoxy groups -OCH3 is 1. The minimum Gasteiger partial charge on any atom is -0.481 e. The van der Waals surface area contributed by atoms with Gasteiger partial charge in [0.05, 0.1) is 17.9 Å². The zero-order valence-corrected chi connectivity index (χ0v) is 23.7. The Balaban J connectivity index is 0.000000196. The second-order valence-corrected chi connectivity index (χ2v) is 12.8. The largest absolute Gasteiger partial charge is 0.481 e. The predicted octanol–water partition coefficient (Wildman–Crippen LogP) is 8.40. The van der Waals surface area contributed by atoms with Gasteiger partial charge in [0.25, 0.3) is 0 Å². The molecule has 0 radical (unpaired) electrons. The average molecular weight is 519 g/mol. The van der Waals surface area contributed by atoms with E-state index in [1.807, 2.05) is 0 Å². The lowest BCUT2D eigenvalue weighted by Crippen LogP contribution is -2.38. The number of esters is 1.